The number of hydrogen-bond donors (Lipinski definition) is 3. The summed E-state index contributed by atoms with van der Waals surface area (Å²) in [6.07, 6.45) is 7.67. The molecule has 162 valence electrons. The average Bonchev–Trinajstić information content (AvgIpc) is 2.85. The molecule has 3 N–H and O–H groups in total. The van der Waals surface area contributed by atoms with Crippen LogP contribution in [0.2, 0.25) is 0 Å². The predicted octanol–water partition coefficient (Wildman–Crippen LogP) is 4.61. The molecule has 4 aromatic rings. The monoisotopic (exact) mass is 434 g/mol. The first-order chi connectivity index (χ1) is 16.2. The maximum absolute atomic E-state index is 12.4. The van der Waals surface area contributed by atoms with E-state index < -0.39 is 0 Å². The standard InChI is InChI=1S/C27H22N4O2/c32-25-8-4-20(5-9-25)3-6-23-18-24(7-10-26(23)22-12-15-28-16-13-22)31-27(33)30-17-11-21-2-1-14-29-19-21/h1-2,4-5,7-10,12-16,18-19,32H,11,17H2,(H2,30,31,33). The zero-order valence-corrected chi connectivity index (χ0v) is 17.8. The van der Waals surface area contributed by atoms with Crippen molar-refractivity contribution in [3.05, 3.63) is 108 Å². The van der Waals surface area contributed by atoms with Crippen molar-refractivity contribution in [2.75, 3.05) is 11.9 Å². The Labute approximate surface area is 192 Å². The number of amides is 2. The van der Waals surface area contributed by atoms with Gasteiger partial charge in [0.05, 0.1) is 0 Å². The Hall–Kier alpha value is -4.63. The van der Waals surface area contributed by atoms with Gasteiger partial charge in [0.25, 0.3) is 0 Å². The fourth-order valence-electron chi connectivity index (χ4n) is 3.23. The van der Waals surface area contributed by atoms with Crippen LogP contribution in [0.15, 0.2) is 91.5 Å². The highest BCUT2D eigenvalue weighted by atomic mass is 16.3. The molecule has 2 aromatic carbocycles. The summed E-state index contributed by atoms with van der Waals surface area (Å²) in [5.41, 5.74) is 5.16. The number of benzene rings is 2. The fraction of sp³-hybridized carbons (Fsp3) is 0.0741. The summed E-state index contributed by atoms with van der Waals surface area (Å²) < 4.78 is 0. The lowest BCUT2D eigenvalue weighted by molar-refractivity contribution is 0.252. The molecule has 6 nitrogen and oxygen atoms in total. The van der Waals surface area contributed by atoms with Gasteiger partial charge in [0.1, 0.15) is 5.75 Å². The second kappa shape index (κ2) is 10.6. The van der Waals surface area contributed by atoms with Crippen LogP contribution >= 0.6 is 0 Å². The Morgan fingerprint density at radius 2 is 1.73 bits per heavy atom. The number of carbonyl (C=O) groups is 1. The number of hydrogen-bond acceptors (Lipinski definition) is 4. The van der Waals surface area contributed by atoms with Crippen LogP contribution in [0.3, 0.4) is 0 Å². The van der Waals surface area contributed by atoms with Gasteiger partial charge in [-0.2, -0.15) is 0 Å². The SMILES string of the molecule is O=C(NCCc1cccnc1)Nc1ccc(-c2ccncc2)c(C#Cc2ccc(O)cc2)c1. The Balaban J connectivity index is 1.51. The lowest BCUT2D eigenvalue weighted by Gasteiger charge is -2.11. The highest BCUT2D eigenvalue weighted by molar-refractivity contribution is 5.90. The minimum atomic E-state index is -0.284. The van der Waals surface area contributed by atoms with Gasteiger partial charge in [0, 0.05) is 48.1 Å². The van der Waals surface area contributed by atoms with Gasteiger partial charge in [-0.3, -0.25) is 9.97 Å². The molecule has 0 fully saturated rings. The minimum Gasteiger partial charge on any atom is -0.508 e. The topological polar surface area (TPSA) is 87.1 Å². The van der Waals surface area contributed by atoms with Crippen molar-refractivity contribution in [3.8, 4) is 28.7 Å². The van der Waals surface area contributed by atoms with Crippen LogP contribution < -0.4 is 10.6 Å². The molecular formula is C27H22N4O2. The first kappa shape index (κ1) is 21.6. The van der Waals surface area contributed by atoms with Crippen molar-refractivity contribution in [1.82, 2.24) is 15.3 Å². The van der Waals surface area contributed by atoms with Crippen molar-refractivity contribution in [3.63, 3.8) is 0 Å². The number of anilines is 1. The van der Waals surface area contributed by atoms with Crippen LogP contribution in [0, 0.1) is 11.8 Å². The molecular weight excluding hydrogens is 412 g/mol. The number of aromatic hydroxyl groups is 1. The normalized spacial score (nSPS) is 10.1. The smallest absolute Gasteiger partial charge is 0.319 e. The van der Waals surface area contributed by atoms with Crippen LogP contribution in [0.1, 0.15) is 16.7 Å². The van der Waals surface area contributed by atoms with Gasteiger partial charge in [0.2, 0.25) is 0 Å². The number of carbonyl (C=O) groups excluding carboxylic acids is 1. The number of urea groups is 1. The minimum absolute atomic E-state index is 0.193. The lowest BCUT2D eigenvalue weighted by Crippen LogP contribution is -2.30. The summed E-state index contributed by atoms with van der Waals surface area (Å²) in [5, 5.41) is 15.2. The zero-order valence-electron chi connectivity index (χ0n) is 17.8. The van der Waals surface area contributed by atoms with E-state index in [0.717, 1.165) is 27.8 Å². The lowest BCUT2D eigenvalue weighted by atomic mass is 10.00. The highest BCUT2D eigenvalue weighted by Crippen LogP contribution is 2.26. The molecule has 33 heavy (non-hydrogen) atoms. The Morgan fingerprint density at radius 3 is 2.48 bits per heavy atom. The number of nitrogens with zero attached hydrogens (tertiary/aromatic N) is 2. The van der Waals surface area contributed by atoms with E-state index in [1.807, 2.05) is 42.5 Å². The third-order valence-electron chi connectivity index (χ3n) is 4.90. The number of rotatable bonds is 5. The van der Waals surface area contributed by atoms with Gasteiger partial charge in [-0.1, -0.05) is 24.0 Å². The fourth-order valence-corrected chi connectivity index (χ4v) is 3.23. The maximum atomic E-state index is 12.4. The number of aromatic nitrogens is 2. The summed E-state index contributed by atoms with van der Waals surface area (Å²) in [5.74, 6) is 6.51. The summed E-state index contributed by atoms with van der Waals surface area (Å²) in [4.78, 5) is 20.5. The summed E-state index contributed by atoms with van der Waals surface area (Å²) >= 11 is 0. The first-order valence-electron chi connectivity index (χ1n) is 10.5. The number of pyridine rings is 2. The zero-order chi connectivity index (χ0) is 22.9. The summed E-state index contributed by atoms with van der Waals surface area (Å²) in [6, 6.07) is 19.7. The van der Waals surface area contributed by atoms with Crippen molar-refractivity contribution < 1.29 is 9.90 Å². The quantitative estimate of drug-likeness (QED) is 0.400. The highest BCUT2D eigenvalue weighted by Gasteiger charge is 2.07. The van der Waals surface area contributed by atoms with E-state index in [2.05, 4.69) is 32.4 Å². The Bertz CT molecular complexity index is 1280. The average molecular weight is 434 g/mol. The molecule has 0 aliphatic carbocycles. The molecule has 6 heteroatoms. The van der Waals surface area contributed by atoms with Crippen LogP contribution in [0.25, 0.3) is 11.1 Å². The molecule has 0 atom stereocenters. The molecule has 0 aliphatic rings. The Morgan fingerprint density at radius 1 is 0.909 bits per heavy atom. The van der Waals surface area contributed by atoms with E-state index in [1.165, 1.54) is 0 Å². The molecule has 0 saturated carbocycles. The number of phenolic OH excluding ortho intramolecular Hbond substituents is 1. The van der Waals surface area contributed by atoms with E-state index in [4.69, 9.17) is 0 Å². The molecule has 0 unspecified atom stereocenters. The molecule has 0 bridgehead atoms. The summed E-state index contributed by atoms with van der Waals surface area (Å²) in [6.45, 7) is 0.500. The van der Waals surface area contributed by atoms with Gasteiger partial charge in [-0.25, -0.2) is 4.79 Å². The maximum Gasteiger partial charge on any atom is 0.319 e. The predicted molar refractivity (Wildman–Crippen MR) is 129 cm³/mol. The van der Waals surface area contributed by atoms with E-state index in [-0.39, 0.29) is 11.8 Å². The molecule has 0 spiro atoms. The van der Waals surface area contributed by atoms with Crippen LogP contribution in [0.5, 0.6) is 5.75 Å². The van der Waals surface area contributed by atoms with Crippen LogP contribution in [0.4, 0.5) is 10.5 Å². The Kier molecular flexibility index (Phi) is 6.94. The molecule has 2 amide bonds. The third-order valence-corrected chi connectivity index (χ3v) is 4.90. The number of nitrogens with one attached hydrogen (secondary N) is 2. The van der Waals surface area contributed by atoms with Crippen molar-refractivity contribution in [2.24, 2.45) is 0 Å². The molecule has 0 radical (unpaired) electrons. The van der Waals surface area contributed by atoms with Crippen molar-refractivity contribution in [1.29, 1.82) is 0 Å². The molecule has 2 aromatic heterocycles. The molecule has 2 heterocycles. The largest absolute Gasteiger partial charge is 0.508 e. The van der Waals surface area contributed by atoms with Gasteiger partial charge < -0.3 is 15.7 Å². The van der Waals surface area contributed by atoms with E-state index in [9.17, 15) is 9.90 Å². The summed E-state index contributed by atoms with van der Waals surface area (Å²) in [7, 11) is 0. The van der Waals surface area contributed by atoms with Crippen LogP contribution in [-0.4, -0.2) is 27.7 Å². The van der Waals surface area contributed by atoms with Gasteiger partial charge in [-0.15, -0.1) is 0 Å². The van der Waals surface area contributed by atoms with E-state index >= 15 is 0 Å². The molecule has 4 rings (SSSR count). The second-order valence-electron chi connectivity index (χ2n) is 7.29. The van der Waals surface area contributed by atoms with Crippen molar-refractivity contribution >= 4 is 11.7 Å². The molecule has 0 aliphatic heterocycles. The van der Waals surface area contributed by atoms with Crippen LogP contribution in [-0.2, 0) is 6.42 Å². The van der Waals surface area contributed by atoms with Gasteiger partial charge in [-0.05, 0) is 77.7 Å². The van der Waals surface area contributed by atoms with Crippen molar-refractivity contribution in [2.45, 2.75) is 6.42 Å². The van der Waals surface area contributed by atoms with Gasteiger partial charge >= 0.3 is 6.03 Å². The third kappa shape index (κ3) is 6.18. The van der Waals surface area contributed by atoms with E-state index in [0.29, 0.717) is 18.7 Å². The van der Waals surface area contributed by atoms with E-state index in [1.54, 1.807) is 49.1 Å². The number of phenols is 1. The van der Waals surface area contributed by atoms with Gasteiger partial charge in [0.15, 0.2) is 0 Å². The second-order valence-corrected chi connectivity index (χ2v) is 7.29. The first-order valence-corrected chi connectivity index (χ1v) is 10.5. The molecule has 0 saturated heterocycles.